The van der Waals surface area contributed by atoms with Crippen molar-refractivity contribution < 1.29 is 14.6 Å². The highest BCUT2D eigenvalue weighted by atomic mass is 16.5. The van der Waals surface area contributed by atoms with Gasteiger partial charge in [0.2, 0.25) is 5.88 Å². The van der Waals surface area contributed by atoms with Gasteiger partial charge >= 0.3 is 0 Å². The molecule has 0 radical (unpaired) electrons. The van der Waals surface area contributed by atoms with E-state index in [1.165, 1.54) is 5.56 Å². The highest BCUT2D eigenvalue weighted by Crippen LogP contribution is 2.35. The number of rotatable bonds is 9. The molecule has 8 nitrogen and oxygen atoms in total. The van der Waals surface area contributed by atoms with E-state index in [1.54, 1.807) is 0 Å². The van der Waals surface area contributed by atoms with E-state index in [4.69, 9.17) is 10.5 Å². The van der Waals surface area contributed by atoms with Crippen LogP contribution in [0.25, 0.3) is 11.1 Å². The zero-order chi connectivity index (χ0) is 30.5. The normalized spacial score (nSPS) is 19.3. The number of hydrogen-bond donors (Lipinski definition) is 3. The summed E-state index contributed by atoms with van der Waals surface area (Å²) < 4.78 is 5.50. The van der Waals surface area contributed by atoms with E-state index < -0.39 is 0 Å². The number of carbonyl (C=O) groups is 1. The fourth-order valence-corrected chi connectivity index (χ4v) is 6.58. The fraction of sp³-hybridized carbons (Fsp3) is 0.486. The molecular formula is C35H47N5O3. The lowest BCUT2D eigenvalue weighted by molar-refractivity contribution is 0.0342. The second-order valence-electron chi connectivity index (χ2n) is 12.2. The molecule has 230 valence electrons. The Morgan fingerprint density at radius 1 is 1.05 bits per heavy atom. The molecule has 2 fully saturated rings. The molecule has 1 aliphatic carbocycles. The van der Waals surface area contributed by atoms with Crippen LogP contribution in [0.5, 0.6) is 5.88 Å². The summed E-state index contributed by atoms with van der Waals surface area (Å²) in [6.45, 7) is 13.5. The van der Waals surface area contributed by atoms with Crippen LogP contribution in [0.15, 0.2) is 42.5 Å². The summed E-state index contributed by atoms with van der Waals surface area (Å²) in [6, 6.07) is 15.6. The average Bonchev–Trinajstić information content (AvgIpc) is 2.99. The Hall–Kier alpha value is -3.46. The van der Waals surface area contributed by atoms with Gasteiger partial charge in [0, 0.05) is 67.3 Å². The lowest BCUT2D eigenvalue weighted by atomic mass is 9.89. The number of carbonyl (C=O) groups excluding carboxylic acids is 1. The molecule has 43 heavy (non-hydrogen) atoms. The number of ether oxygens (including phenoxy) is 1. The summed E-state index contributed by atoms with van der Waals surface area (Å²) >= 11 is 0. The number of aromatic hydroxyl groups is 1. The number of anilines is 1. The van der Waals surface area contributed by atoms with E-state index in [1.807, 2.05) is 32.9 Å². The number of aryl methyl sites for hydroxylation is 2. The number of benzene rings is 2. The van der Waals surface area contributed by atoms with Gasteiger partial charge in [-0.1, -0.05) is 24.3 Å². The van der Waals surface area contributed by atoms with Crippen molar-refractivity contribution in [3.63, 3.8) is 0 Å². The number of nitrogens with one attached hydrogen (secondary N) is 1. The van der Waals surface area contributed by atoms with Crippen molar-refractivity contribution in [2.75, 3.05) is 37.7 Å². The Morgan fingerprint density at radius 3 is 2.40 bits per heavy atom. The second kappa shape index (κ2) is 13.9. The number of amides is 1. The molecule has 2 aliphatic rings. The lowest BCUT2D eigenvalue weighted by Gasteiger charge is -2.38. The summed E-state index contributed by atoms with van der Waals surface area (Å²) in [5.41, 5.74) is 14.6. The van der Waals surface area contributed by atoms with Crippen LogP contribution in [0.3, 0.4) is 0 Å². The highest BCUT2D eigenvalue weighted by Gasteiger charge is 2.27. The standard InChI is InChI=1S/C35H47N5O3/c1-5-40(30-12-10-29(36)11-13-30)33-20-28(27-8-6-26(7-9-27)22-39-14-16-43-17-15-39)19-31(25(33)4)34(41)37-21-32-23(2)18-24(3)38-35(32)42/h6-9,18-20,29-30H,5,10-17,21-22,36H2,1-4H3,(H,37,41)(H,38,42)/t29-,30-. The van der Waals surface area contributed by atoms with Crippen LogP contribution in [-0.4, -0.2) is 65.8 Å². The molecule has 1 saturated heterocycles. The fourth-order valence-electron chi connectivity index (χ4n) is 6.58. The SMILES string of the molecule is CCN(c1cc(-c2ccc(CN3CCOCC3)cc2)cc(C(=O)NCc2c(C)cc(C)nc2O)c1C)[C@H]1CC[C@H](N)CC1. The van der Waals surface area contributed by atoms with Gasteiger partial charge in [-0.2, -0.15) is 0 Å². The maximum atomic E-state index is 13.8. The predicted molar refractivity (Wildman–Crippen MR) is 173 cm³/mol. The summed E-state index contributed by atoms with van der Waals surface area (Å²) in [6.07, 6.45) is 4.14. The predicted octanol–water partition coefficient (Wildman–Crippen LogP) is 5.24. The van der Waals surface area contributed by atoms with Gasteiger partial charge in [0.05, 0.1) is 13.2 Å². The van der Waals surface area contributed by atoms with Crippen LogP contribution < -0.4 is 16.0 Å². The van der Waals surface area contributed by atoms with Gasteiger partial charge in [-0.25, -0.2) is 4.98 Å². The summed E-state index contributed by atoms with van der Waals surface area (Å²) in [5.74, 6) is -0.195. The molecule has 5 rings (SSSR count). The van der Waals surface area contributed by atoms with E-state index in [-0.39, 0.29) is 24.4 Å². The Bertz CT molecular complexity index is 1390. The molecule has 2 aromatic carbocycles. The first kappa shape index (κ1) is 31.0. The summed E-state index contributed by atoms with van der Waals surface area (Å²) in [7, 11) is 0. The average molecular weight is 586 g/mol. The third-order valence-electron chi connectivity index (χ3n) is 9.13. The molecule has 0 bridgehead atoms. The Balaban J connectivity index is 1.46. The summed E-state index contributed by atoms with van der Waals surface area (Å²) in [4.78, 5) is 22.9. The molecule has 0 atom stereocenters. The van der Waals surface area contributed by atoms with E-state index >= 15 is 0 Å². The van der Waals surface area contributed by atoms with Crippen LogP contribution in [0.4, 0.5) is 5.69 Å². The Morgan fingerprint density at radius 2 is 1.74 bits per heavy atom. The van der Waals surface area contributed by atoms with E-state index in [0.717, 1.165) is 98.7 Å². The van der Waals surface area contributed by atoms with Crippen LogP contribution in [0.2, 0.25) is 0 Å². The second-order valence-corrected chi connectivity index (χ2v) is 12.2. The summed E-state index contributed by atoms with van der Waals surface area (Å²) in [5, 5.41) is 13.5. The van der Waals surface area contributed by atoms with Gasteiger partial charge in [0.15, 0.2) is 0 Å². The number of hydrogen-bond acceptors (Lipinski definition) is 7. The molecule has 3 aromatic rings. The molecule has 1 aromatic heterocycles. The molecule has 1 amide bonds. The maximum absolute atomic E-state index is 13.8. The quantitative estimate of drug-likeness (QED) is 0.316. The number of morpholine rings is 1. The van der Waals surface area contributed by atoms with Crippen LogP contribution in [0, 0.1) is 20.8 Å². The number of aromatic nitrogens is 1. The minimum atomic E-state index is -0.161. The van der Waals surface area contributed by atoms with Gasteiger partial charge in [-0.15, -0.1) is 0 Å². The van der Waals surface area contributed by atoms with Gasteiger partial charge in [0.1, 0.15) is 0 Å². The molecule has 2 heterocycles. The highest BCUT2D eigenvalue weighted by molar-refractivity contribution is 5.99. The van der Waals surface area contributed by atoms with Crippen LogP contribution in [0.1, 0.15) is 70.9 Å². The van der Waals surface area contributed by atoms with Crippen molar-refractivity contribution >= 4 is 11.6 Å². The molecular weight excluding hydrogens is 538 g/mol. The Labute approximate surface area is 256 Å². The van der Waals surface area contributed by atoms with Crippen LogP contribution >= 0.6 is 0 Å². The Kier molecular flexibility index (Phi) is 10.0. The molecule has 4 N–H and O–H groups in total. The largest absolute Gasteiger partial charge is 0.493 e. The third-order valence-corrected chi connectivity index (χ3v) is 9.13. The molecule has 1 saturated carbocycles. The third kappa shape index (κ3) is 7.37. The number of pyridine rings is 1. The zero-order valence-electron chi connectivity index (χ0n) is 26.2. The van der Waals surface area contributed by atoms with Gasteiger partial charge in [-0.05, 0) is 99.4 Å². The van der Waals surface area contributed by atoms with E-state index in [9.17, 15) is 9.90 Å². The monoisotopic (exact) mass is 585 g/mol. The van der Waals surface area contributed by atoms with Crippen molar-refractivity contribution in [3.05, 3.63) is 76.0 Å². The molecule has 0 unspecified atom stereocenters. The number of nitrogens with two attached hydrogens (primary N) is 1. The first-order valence-corrected chi connectivity index (χ1v) is 15.7. The van der Waals surface area contributed by atoms with E-state index in [2.05, 4.69) is 57.4 Å². The first-order valence-electron chi connectivity index (χ1n) is 15.7. The van der Waals surface area contributed by atoms with Crippen LogP contribution in [-0.2, 0) is 17.8 Å². The van der Waals surface area contributed by atoms with Crippen molar-refractivity contribution in [1.29, 1.82) is 0 Å². The minimum Gasteiger partial charge on any atom is -0.493 e. The first-order chi connectivity index (χ1) is 20.7. The van der Waals surface area contributed by atoms with Gasteiger partial charge < -0.3 is 25.8 Å². The number of nitrogens with zero attached hydrogens (tertiary/aromatic N) is 3. The van der Waals surface area contributed by atoms with Crippen molar-refractivity contribution in [2.45, 2.75) is 78.6 Å². The van der Waals surface area contributed by atoms with E-state index in [0.29, 0.717) is 17.2 Å². The van der Waals surface area contributed by atoms with Crippen molar-refractivity contribution in [3.8, 4) is 17.0 Å². The topological polar surface area (TPSA) is 104 Å². The van der Waals surface area contributed by atoms with Gasteiger partial charge in [-0.3, -0.25) is 9.69 Å². The van der Waals surface area contributed by atoms with Crippen molar-refractivity contribution in [2.24, 2.45) is 5.73 Å². The zero-order valence-corrected chi connectivity index (χ0v) is 26.2. The van der Waals surface area contributed by atoms with Gasteiger partial charge in [0.25, 0.3) is 5.91 Å². The molecule has 8 heteroatoms. The molecule has 0 spiro atoms. The minimum absolute atomic E-state index is 0.0335. The van der Waals surface area contributed by atoms with Crippen molar-refractivity contribution in [1.82, 2.24) is 15.2 Å². The lowest BCUT2D eigenvalue weighted by Crippen LogP contribution is -2.41. The maximum Gasteiger partial charge on any atom is 0.251 e. The smallest absolute Gasteiger partial charge is 0.251 e. The molecule has 1 aliphatic heterocycles.